The van der Waals surface area contributed by atoms with Gasteiger partial charge in [-0.3, -0.25) is 0 Å². The van der Waals surface area contributed by atoms with Crippen LogP contribution in [0, 0.1) is 5.82 Å². The van der Waals surface area contributed by atoms with Crippen LogP contribution in [0.15, 0.2) is 52.2 Å². The van der Waals surface area contributed by atoms with Gasteiger partial charge >= 0.3 is 0 Å². The molecule has 29 heavy (non-hydrogen) atoms. The monoisotopic (exact) mass is 416 g/mol. The van der Waals surface area contributed by atoms with Crippen LogP contribution in [0.2, 0.25) is 0 Å². The van der Waals surface area contributed by atoms with Crippen LogP contribution in [-0.4, -0.2) is 34.3 Å². The van der Waals surface area contributed by atoms with Crippen molar-refractivity contribution in [2.75, 3.05) is 28.7 Å². The Labute approximate surface area is 173 Å². The third-order valence-corrected chi connectivity index (χ3v) is 4.26. The molecule has 3 aromatic rings. The predicted molar refractivity (Wildman–Crippen MR) is 105 cm³/mol. The van der Waals surface area contributed by atoms with Crippen LogP contribution in [0.25, 0.3) is 0 Å². The van der Waals surface area contributed by atoms with E-state index in [0.29, 0.717) is 29.3 Å². The second-order valence-corrected chi connectivity index (χ2v) is 6.35. The first kappa shape index (κ1) is 20.5. The van der Waals surface area contributed by atoms with Gasteiger partial charge in [0.25, 0.3) is 0 Å². The number of halogens is 2. The Kier molecular flexibility index (Phi) is 6.96. The van der Waals surface area contributed by atoms with E-state index in [9.17, 15) is 4.39 Å². The third-order valence-electron chi connectivity index (χ3n) is 4.26. The first-order chi connectivity index (χ1) is 13.8. The lowest BCUT2D eigenvalue weighted by Crippen LogP contribution is -3.00. The number of hydrogen-bond acceptors (Lipinski definition) is 8. The lowest BCUT2D eigenvalue weighted by molar-refractivity contribution is -0.00000696. The number of nitrogens with zero attached hydrogens (tertiary/aromatic N) is 5. The standard InChI is InChI=1S/C19H20FN7O.ClH/c20-14-6-8-15(9-7-14)22-17-23-18(26-21-13-16-5-4-12-28-16)25-19(24-17)27-10-2-1-3-11-27;/h4-9,12-13H,1-3,10-11H2,(H2,22,23,24,25,26);1H/p-1. The molecule has 0 unspecified atom stereocenters. The fraction of sp³-hybridized carbons (Fsp3) is 0.263. The van der Waals surface area contributed by atoms with Crippen LogP contribution in [0.3, 0.4) is 0 Å². The molecule has 1 saturated heterocycles. The van der Waals surface area contributed by atoms with Gasteiger partial charge in [-0.2, -0.15) is 20.1 Å². The van der Waals surface area contributed by atoms with Crippen molar-refractivity contribution in [3.63, 3.8) is 0 Å². The summed E-state index contributed by atoms with van der Waals surface area (Å²) in [5.41, 5.74) is 3.50. The number of hydrogen-bond donors (Lipinski definition) is 2. The highest BCUT2D eigenvalue weighted by Gasteiger charge is 2.16. The van der Waals surface area contributed by atoms with Gasteiger partial charge in [-0.15, -0.1) is 0 Å². The zero-order valence-electron chi connectivity index (χ0n) is 15.6. The smallest absolute Gasteiger partial charge is 0.250 e. The van der Waals surface area contributed by atoms with E-state index in [-0.39, 0.29) is 18.2 Å². The molecular weight excluding hydrogens is 397 g/mol. The van der Waals surface area contributed by atoms with E-state index in [1.54, 1.807) is 30.5 Å². The van der Waals surface area contributed by atoms with Crippen molar-refractivity contribution < 1.29 is 21.2 Å². The quantitative estimate of drug-likeness (QED) is 0.453. The fourth-order valence-corrected chi connectivity index (χ4v) is 2.89. The Morgan fingerprint density at radius 2 is 1.76 bits per heavy atom. The zero-order chi connectivity index (χ0) is 19.2. The van der Waals surface area contributed by atoms with E-state index < -0.39 is 0 Å². The van der Waals surface area contributed by atoms with Crippen LogP contribution < -0.4 is 28.0 Å². The van der Waals surface area contributed by atoms with Gasteiger partial charge in [0, 0.05) is 18.8 Å². The summed E-state index contributed by atoms with van der Waals surface area (Å²) in [6.07, 6.45) is 6.53. The van der Waals surface area contributed by atoms with Crippen LogP contribution in [0.5, 0.6) is 0 Å². The fourth-order valence-electron chi connectivity index (χ4n) is 2.89. The molecule has 0 spiro atoms. The number of piperidine rings is 1. The average Bonchev–Trinajstić information content (AvgIpc) is 3.24. The molecule has 2 aromatic heterocycles. The molecule has 0 atom stereocenters. The molecule has 10 heteroatoms. The van der Waals surface area contributed by atoms with E-state index >= 15 is 0 Å². The maximum Gasteiger partial charge on any atom is 0.250 e. The molecule has 0 bridgehead atoms. The zero-order valence-corrected chi connectivity index (χ0v) is 16.3. The number of benzene rings is 1. The second-order valence-electron chi connectivity index (χ2n) is 6.35. The predicted octanol–water partition coefficient (Wildman–Crippen LogP) is 0.788. The van der Waals surface area contributed by atoms with Crippen molar-refractivity contribution in [1.29, 1.82) is 0 Å². The SMILES string of the molecule is Fc1ccc(Nc2nc(NN=Cc3ccco3)nc(N3CCCCC3)n2)cc1.[Cl-]. The van der Waals surface area contributed by atoms with Crippen molar-refractivity contribution in [3.8, 4) is 0 Å². The minimum absolute atomic E-state index is 0. The summed E-state index contributed by atoms with van der Waals surface area (Å²) in [5, 5.41) is 7.20. The Bertz CT molecular complexity index is 928. The first-order valence-electron chi connectivity index (χ1n) is 9.12. The number of aromatic nitrogens is 3. The topological polar surface area (TPSA) is 91.5 Å². The number of rotatable bonds is 6. The van der Waals surface area contributed by atoms with Gasteiger partial charge in [-0.25, -0.2) is 9.82 Å². The summed E-state index contributed by atoms with van der Waals surface area (Å²) in [7, 11) is 0. The minimum atomic E-state index is -0.301. The number of hydrazone groups is 1. The van der Waals surface area contributed by atoms with E-state index in [1.165, 1.54) is 24.8 Å². The highest BCUT2D eigenvalue weighted by molar-refractivity contribution is 5.76. The molecule has 0 amide bonds. The van der Waals surface area contributed by atoms with Gasteiger partial charge in [0.05, 0.1) is 12.5 Å². The van der Waals surface area contributed by atoms with Crippen molar-refractivity contribution in [3.05, 3.63) is 54.2 Å². The summed E-state index contributed by atoms with van der Waals surface area (Å²) < 4.78 is 18.4. The van der Waals surface area contributed by atoms with Gasteiger partial charge in [0.15, 0.2) is 0 Å². The van der Waals surface area contributed by atoms with Crippen LogP contribution in [-0.2, 0) is 0 Å². The molecule has 3 heterocycles. The lowest BCUT2D eigenvalue weighted by Gasteiger charge is -2.26. The van der Waals surface area contributed by atoms with Crippen molar-refractivity contribution in [2.45, 2.75) is 19.3 Å². The Morgan fingerprint density at radius 1 is 1.00 bits per heavy atom. The maximum atomic E-state index is 13.1. The Balaban J connectivity index is 0.00000240. The molecule has 0 saturated carbocycles. The molecule has 1 aliphatic rings. The summed E-state index contributed by atoms with van der Waals surface area (Å²) in [6.45, 7) is 1.80. The Hall–Kier alpha value is -3.20. The highest BCUT2D eigenvalue weighted by atomic mass is 35.5. The third kappa shape index (κ3) is 5.64. The summed E-state index contributed by atoms with van der Waals surface area (Å²) >= 11 is 0. The van der Waals surface area contributed by atoms with Crippen LogP contribution in [0.1, 0.15) is 25.0 Å². The molecule has 4 rings (SSSR count). The van der Waals surface area contributed by atoms with Crippen LogP contribution in [0.4, 0.5) is 27.9 Å². The van der Waals surface area contributed by atoms with Crippen molar-refractivity contribution in [2.24, 2.45) is 5.10 Å². The van der Waals surface area contributed by atoms with Gasteiger partial charge in [-0.05, 0) is 55.7 Å². The van der Waals surface area contributed by atoms with Gasteiger partial charge in [0.2, 0.25) is 17.8 Å². The molecule has 0 aliphatic carbocycles. The van der Waals surface area contributed by atoms with Crippen molar-refractivity contribution in [1.82, 2.24) is 15.0 Å². The van der Waals surface area contributed by atoms with Crippen molar-refractivity contribution >= 4 is 29.7 Å². The van der Waals surface area contributed by atoms with Gasteiger partial charge in [0.1, 0.15) is 11.6 Å². The van der Waals surface area contributed by atoms with Gasteiger partial charge < -0.3 is 27.0 Å². The second kappa shape index (κ2) is 9.83. The lowest BCUT2D eigenvalue weighted by atomic mass is 10.1. The highest BCUT2D eigenvalue weighted by Crippen LogP contribution is 2.21. The molecule has 0 radical (unpaired) electrons. The molecule has 1 fully saturated rings. The molecule has 152 valence electrons. The molecule has 1 aromatic carbocycles. The molecule has 8 nitrogen and oxygen atoms in total. The van der Waals surface area contributed by atoms with E-state index in [0.717, 1.165) is 25.9 Å². The normalized spacial score (nSPS) is 13.9. The molecule has 2 N–H and O–H groups in total. The van der Waals surface area contributed by atoms with E-state index in [2.05, 4.69) is 35.7 Å². The minimum Gasteiger partial charge on any atom is -1.00 e. The summed E-state index contributed by atoms with van der Waals surface area (Å²) in [4.78, 5) is 15.5. The van der Waals surface area contributed by atoms with E-state index in [4.69, 9.17) is 4.42 Å². The maximum absolute atomic E-state index is 13.1. The number of nitrogens with one attached hydrogen (secondary N) is 2. The largest absolute Gasteiger partial charge is 1.00 e. The summed E-state index contributed by atoms with van der Waals surface area (Å²) in [6, 6.07) is 9.58. The first-order valence-corrected chi connectivity index (χ1v) is 9.12. The molecule has 1 aliphatic heterocycles. The number of anilines is 4. The average molecular weight is 417 g/mol. The van der Waals surface area contributed by atoms with Gasteiger partial charge in [-0.1, -0.05) is 0 Å². The van der Waals surface area contributed by atoms with E-state index in [1.807, 2.05) is 0 Å². The summed E-state index contributed by atoms with van der Waals surface area (Å²) in [5.74, 6) is 1.56. The Morgan fingerprint density at radius 3 is 2.48 bits per heavy atom. The van der Waals surface area contributed by atoms with Crippen LogP contribution >= 0.6 is 0 Å². The molecular formula is C19H20ClFN7O-. The number of furan rings is 1.